The summed E-state index contributed by atoms with van der Waals surface area (Å²) in [4.78, 5) is 0. The summed E-state index contributed by atoms with van der Waals surface area (Å²) in [6.07, 6.45) is 0.823. The second-order valence-electron chi connectivity index (χ2n) is 4.14. The van der Waals surface area contributed by atoms with E-state index in [1.165, 1.54) is 7.11 Å². The zero-order valence-corrected chi connectivity index (χ0v) is 12.3. The summed E-state index contributed by atoms with van der Waals surface area (Å²) in [7, 11) is 1.54. The zero-order valence-electron chi connectivity index (χ0n) is 10.7. The first kappa shape index (κ1) is 14.3. The molecule has 19 heavy (non-hydrogen) atoms. The fourth-order valence-electron chi connectivity index (χ4n) is 1.84. The molecule has 0 saturated heterocycles. The molecule has 0 radical (unpaired) electrons. The van der Waals surface area contributed by atoms with E-state index in [2.05, 4.69) is 0 Å². The minimum absolute atomic E-state index is 0.448. The molecule has 0 spiro atoms. The summed E-state index contributed by atoms with van der Waals surface area (Å²) >= 11 is 12.3. The number of benzene rings is 1. The largest absolute Gasteiger partial charge is 0.495 e. The molecule has 1 aromatic carbocycles. The Kier molecular flexibility index (Phi) is 4.40. The minimum atomic E-state index is -0.448. The number of nitrogens with two attached hydrogens (primary N) is 1. The maximum absolute atomic E-state index is 6.21. The van der Waals surface area contributed by atoms with Crippen LogP contribution in [0, 0.1) is 0 Å². The van der Waals surface area contributed by atoms with Crippen molar-refractivity contribution in [2.24, 2.45) is 5.73 Å². The molecule has 0 bridgehead atoms. The molecule has 1 atom stereocenters. The molecule has 0 amide bonds. The van der Waals surface area contributed by atoms with Crippen molar-refractivity contribution in [1.82, 2.24) is 0 Å². The maximum atomic E-state index is 6.21. The predicted octanol–water partition coefficient (Wildman–Crippen LogP) is 4.21. The normalized spacial score (nSPS) is 12.5. The number of hydrogen-bond acceptors (Lipinski definition) is 3. The molecule has 0 aliphatic carbocycles. The molecule has 0 aliphatic rings. The van der Waals surface area contributed by atoms with Crippen molar-refractivity contribution in [1.29, 1.82) is 0 Å². The van der Waals surface area contributed by atoms with Gasteiger partial charge in [-0.25, -0.2) is 0 Å². The van der Waals surface area contributed by atoms with Gasteiger partial charge in [0.15, 0.2) is 0 Å². The van der Waals surface area contributed by atoms with Gasteiger partial charge in [0.1, 0.15) is 17.3 Å². The number of methoxy groups -OCH3 is 1. The van der Waals surface area contributed by atoms with Gasteiger partial charge in [0.25, 0.3) is 0 Å². The predicted molar refractivity (Wildman–Crippen MR) is 77.1 cm³/mol. The molecule has 0 fully saturated rings. The molecule has 2 N–H and O–H groups in total. The van der Waals surface area contributed by atoms with Crippen LogP contribution < -0.4 is 10.5 Å². The van der Waals surface area contributed by atoms with E-state index in [-0.39, 0.29) is 0 Å². The number of aryl methyl sites for hydroxylation is 1. The molecule has 3 nitrogen and oxygen atoms in total. The number of ether oxygens (including phenoxy) is 1. The Bertz CT molecular complexity index is 581. The van der Waals surface area contributed by atoms with Crippen molar-refractivity contribution in [2.45, 2.75) is 19.4 Å². The van der Waals surface area contributed by atoms with Gasteiger partial charge < -0.3 is 14.9 Å². The standard InChI is InChI=1S/C14H15Cl2NO2/c1-3-8-4-5-12(19-8)14(17)9-6-11(16)13(18-2)7-10(9)15/h4-7,14H,3,17H2,1-2H3. The number of hydrogen-bond donors (Lipinski definition) is 1. The third kappa shape index (κ3) is 2.89. The lowest BCUT2D eigenvalue weighted by atomic mass is 10.1. The molecule has 1 unspecified atom stereocenters. The lowest BCUT2D eigenvalue weighted by molar-refractivity contribution is 0.414. The molecule has 2 aromatic rings. The van der Waals surface area contributed by atoms with E-state index in [1.807, 2.05) is 19.1 Å². The van der Waals surface area contributed by atoms with Crippen molar-refractivity contribution >= 4 is 23.2 Å². The average molecular weight is 300 g/mol. The van der Waals surface area contributed by atoms with Crippen LogP contribution in [0.3, 0.4) is 0 Å². The Hall–Kier alpha value is -1.16. The highest BCUT2D eigenvalue weighted by Gasteiger charge is 2.18. The van der Waals surface area contributed by atoms with Gasteiger partial charge in [0.2, 0.25) is 0 Å². The lowest BCUT2D eigenvalue weighted by Crippen LogP contribution is -2.11. The van der Waals surface area contributed by atoms with Crippen LogP contribution in [0.2, 0.25) is 10.0 Å². The van der Waals surface area contributed by atoms with E-state index in [0.29, 0.717) is 27.1 Å². The van der Waals surface area contributed by atoms with Crippen molar-refractivity contribution in [2.75, 3.05) is 7.11 Å². The van der Waals surface area contributed by atoms with Crippen LogP contribution in [0.5, 0.6) is 5.75 Å². The molecular weight excluding hydrogens is 285 g/mol. The van der Waals surface area contributed by atoms with E-state index in [9.17, 15) is 0 Å². The average Bonchev–Trinajstić information content (AvgIpc) is 2.89. The van der Waals surface area contributed by atoms with Crippen LogP contribution >= 0.6 is 23.2 Å². The highest BCUT2D eigenvalue weighted by atomic mass is 35.5. The van der Waals surface area contributed by atoms with Crippen molar-refractivity contribution < 1.29 is 9.15 Å². The first-order chi connectivity index (χ1) is 9.06. The van der Waals surface area contributed by atoms with Gasteiger partial charge >= 0.3 is 0 Å². The van der Waals surface area contributed by atoms with Crippen LogP contribution in [0.1, 0.15) is 30.0 Å². The van der Waals surface area contributed by atoms with E-state index in [1.54, 1.807) is 12.1 Å². The third-order valence-corrected chi connectivity index (χ3v) is 3.57. The van der Waals surface area contributed by atoms with E-state index in [0.717, 1.165) is 12.2 Å². The van der Waals surface area contributed by atoms with E-state index < -0.39 is 6.04 Å². The van der Waals surface area contributed by atoms with Crippen LogP contribution in [0.15, 0.2) is 28.7 Å². The van der Waals surface area contributed by atoms with E-state index in [4.69, 9.17) is 38.1 Å². The zero-order chi connectivity index (χ0) is 14.0. The summed E-state index contributed by atoms with van der Waals surface area (Å²) in [5.41, 5.74) is 6.88. The molecule has 5 heteroatoms. The molecule has 2 rings (SSSR count). The first-order valence-electron chi connectivity index (χ1n) is 5.94. The second kappa shape index (κ2) is 5.87. The van der Waals surface area contributed by atoms with Crippen LogP contribution in [-0.4, -0.2) is 7.11 Å². The van der Waals surface area contributed by atoms with Crippen molar-refractivity contribution in [3.8, 4) is 5.75 Å². The Labute approximate surface area is 122 Å². The number of rotatable bonds is 4. The Morgan fingerprint density at radius 1 is 1.26 bits per heavy atom. The molecule has 1 heterocycles. The quantitative estimate of drug-likeness (QED) is 0.920. The Morgan fingerprint density at radius 2 is 2.00 bits per heavy atom. The summed E-state index contributed by atoms with van der Waals surface area (Å²) in [6.45, 7) is 2.02. The van der Waals surface area contributed by atoms with Gasteiger partial charge in [-0.1, -0.05) is 30.1 Å². The second-order valence-corrected chi connectivity index (χ2v) is 4.96. The van der Waals surface area contributed by atoms with Gasteiger partial charge in [-0.15, -0.1) is 0 Å². The smallest absolute Gasteiger partial charge is 0.138 e. The highest BCUT2D eigenvalue weighted by molar-refractivity contribution is 6.34. The summed E-state index contributed by atoms with van der Waals surface area (Å²) < 4.78 is 10.7. The molecule has 102 valence electrons. The summed E-state index contributed by atoms with van der Waals surface area (Å²) in [5.74, 6) is 2.08. The third-order valence-electron chi connectivity index (χ3n) is 2.94. The SMILES string of the molecule is CCc1ccc(C(N)c2cc(Cl)c(OC)cc2Cl)o1. The highest BCUT2D eigenvalue weighted by Crippen LogP contribution is 2.35. The van der Waals surface area contributed by atoms with Gasteiger partial charge in [-0.05, 0) is 23.8 Å². The fraction of sp³-hybridized carbons (Fsp3) is 0.286. The van der Waals surface area contributed by atoms with Gasteiger partial charge in [0.05, 0.1) is 18.2 Å². The van der Waals surface area contributed by atoms with Gasteiger partial charge in [-0.2, -0.15) is 0 Å². The van der Waals surface area contributed by atoms with Crippen molar-refractivity contribution in [3.05, 3.63) is 51.4 Å². The molecular formula is C14H15Cl2NO2. The van der Waals surface area contributed by atoms with Crippen molar-refractivity contribution in [3.63, 3.8) is 0 Å². The fourth-order valence-corrected chi connectivity index (χ4v) is 2.36. The summed E-state index contributed by atoms with van der Waals surface area (Å²) in [5, 5.41) is 0.975. The van der Waals surface area contributed by atoms with Crippen LogP contribution in [-0.2, 0) is 6.42 Å². The summed E-state index contributed by atoms with van der Waals surface area (Å²) in [6, 6.07) is 6.69. The van der Waals surface area contributed by atoms with E-state index >= 15 is 0 Å². The lowest BCUT2D eigenvalue weighted by Gasteiger charge is -2.13. The minimum Gasteiger partial charge on any atom is -0.495 e. The van der Waals surface area contributed by atoms with Gasteiger partial charge in [0, 0.05) is 17.5 Å². The van der Waals surface area contributed by atoms with Gasteiger partial charge in [-0.3, -0.25) is 0 Å². The monoisotopic (exact) mass is 299 g/mol. The number of halogens is 2. The Balaban J connectivity index is 2.38. The first-order valence-corrected chi connectivity index (χ1v) is 6.69. The molecule has 0 aliphatic heterocycles. The molecule has 0 saturated carbocycles. The van der Waals surface area contributed by atoms with Crippen LogP contribution in [0.25, 0.3) is 0 Å². The topological polar surface area (TPSA) is 48.4 Å². The molecule has 1 aromatic heterocycles. The maximum Gasteiger partial charge on any atom is 0.138 e. The Morgan fingerprint density at radius 3 is 2.58 bits per heavy atom. The number of furan rings is 1. The van der Waals surface area contributed by atoms with Crippen LogP contribution in [0.4, 0.5) is 0 Å².